The lowest BCUT2D eigenvalue weighted by atomic mass is 9.75. The van der Waals surface area contributed by atoms with E-state index < -0.39 is 17.4 Å². The van der Waals surface area contributed by atoms with Gasteiger partial charge in [-0.1, -0.05) is 44.2 Å². The van der Waals surface area contributed by atoms with Crippen molar-refractivity contribution in [2.45, 2.75) is 45.1 Å². The molecule has 0 heterocycles. The molecule has 2 N–H and O–H groups in total. The van der Waals surface area contributed by atoms with Crippen molar-refractivity contribution in [2.75, 3.05) is 0 Å². The molecule has 0 aliphatic heterocycles. The number of carbonyl (C=O) groups excluding carboxylic acids is 1. The molecular weight excluding hydrogens is 242 g/mol. The zero-order valence-corrected chi connectivity index (χ0v) is 11.6. The van der Waals surface area contributed by atoms with E-state index in [0.29, 0.717) is 12.8 Å². The van der Waals surface area contributed by atoms with Gasteiger partial charge >= 0.3 is 5.97 Å². The lowest BCUT2D eigenvalue weighted by Gasteiger charge is -2.31. The van der Waals surface area contributed by atoms with Gasteiger partial charge in [0.2, 0.25) is 5.91 Å². The van der Waals surface area contributed by atoms with Crippen molar-refractivity contribution in [1.29, 1.82) is 0 Å². The number of benzene rings is 1. The van der Waals surface area contributed by atoms with Crippen molar-refractivity contribution in [3.8, 4) is 0 Å². The second-order valence-corrected chi connectivity index (χ2v) is 4.69. The lowest BCUT2D eigenvalue weighted by molar-refractivity contribution is -0.142. The minimum absolute atomic E-state index is 0.224. The van der Waals surface area contributed by atoms with Crippen LogP contribution in [0.15, 0.2) is 30.3 Å². The van der Waals surface area contributed by atoms with Gasteiger partial charge in [-0.05, 0) is 25.3 Å². The number of carbonyl (C=O) groups is 2. The van der Waals surface area contributed by atoms with E-state index in [-0.39, 0.29) is 5.91 Å². The van der Waals surface area contributed by atoms with Gasteiger partial charge in [0, 0.05) is 0 Å². The van der Waals surface area contributed by atoms with Crippen molar-refractivity contribution < 1.29 is 14.7 Å². The Kier molecular flexibility index (Phi) is 5.10. The van der Waals surface area contributed by atoms with Crippen molar-refractivity contribution in [3.63, 3.8) is 0 Å². The van der Waals surface area contributed by atoms with Gasteiger partial charge in [0.05, 0.1) is 5.41 Å². The van der Waals surface area contributed by atoms with Crippen LogP contribution in [-0.4, -0.2) is 23.0 Å². The van der Waals surface area contributed by atoms with Gasteiger partial charge in [0.25, 0.3) is 0 Å². The highest BCUT2D eigenvalue weighted by Gasteiger charge is 2.37. The second kappa shape index (κ2) is 6.36. The first-order valence-electron chi connectivity index (χ1n) is 6.57. The first-order chi connectivity index (χ1) is 8.97. The van der Waals surface area contributed by atoms with Crippen LogP contribution in [0.5, 0.6) is 0 Å². The summed E-state index contributed by atoms with van der Waals surface area (Å²) in [5, 5.41) is 11.5. The summed E-state index contributed by atoms with van der Waals surface area (Å²) in [7, 11) is 0. The molecule has 19 heavy (non-hydrogen) atoms. The minimum atomic E-state index is -1.03. The lowest BCUT2D eigenvalue weighted by Crippen LogP contribution is -2.49. The minimum Gasteiger partial charge on any atom is -0.480 e. The number of carboxylic acids is 1. The van der Waals surface area contributed by atoms with Gasteiger partial charge in [-0.15, -0.1) is 0 Å². The van der Waals surface area contributed by atoms with Crippen LogP contribution in [0.25, 0.3) is 0 Å². The van der Waals surface area contributed by atoms with Gasteiger partial charge in [0.1, 0.15) is 6.04 Å². The summed E-state index contributed by atoms with van der Waals surface area (Å²) in [6, 6.07) is 8.63. The molecule has 4 nitrogen and oxygen atoms in total. The van der Waals surface area contributed by atoms with Crippen LogP contribution in [-0.2, 0) is 15.0 Å². The molecule has 1 aromatic rings. The van der Waals surface area contributed by atoms with Crippen molar-refractivity contribution in [3.05, 3.63) is 35.9 Å². The maximum Gasteiger partial charge on any atom is 0.325 e. The molecule has 0 aromatic heterocycles. The predicted octanol–water partition coefficient (Wildman–Crippen LogP) is 2.33. The van der Waals surface area contributed by atoms with Crippen LogP contribution in [0.2, 0.25) is 0 Å². The fourth-order valence-corrected chi connectivity index (χ4v) is 2.26. The molecule has 1 atom stereocenters. The zero-order chi connectivity index (χ0) is 14.5. The molecule has 1 amide bonds. The predicted molar refractivity (Wildman–Crippen MR) is 73.9 cm³/mol. The van der Waals surface area contributed by atoms with E-state index in [2.05, 4.69) is 5.32 Å². The second-order valence-electron chi connectivity index (χ2n) is 4.69. The molecule has 0 fully saturated rings. The number of aliphatic carboxylic acids is 1. The van der Waals surface area contributed by atoms with E-state index >= 15 is 0 Å². The summed E-state index contributed by atoms with van der Waals surface area (Å²) in [4.78, 5) is 23.3. The molecular formula is C15H21NO3. The summed E-state index contributed by atoms with van der Waals surface area (Å²) in [6.07, 6.45) is 1.26. The molecule has 0 saturated carbocycles. The number of rotatable bonds is 6. The summed E-state index contributed by atoms with van der Waals surface area (Å²) < 4.78 is 0. The average Bonchev–Trinajstić information content (AvgIpc) is 2.42. The summed E-state index contributed by atoms with van der Waals surface area (Å²) in [6.45, 7) is 5.37. The average molecular weight is 263 g/mol. The summed E-state index contributed by atoms with van der Waals surface area (Å²) in [5.74, 6) is -1.25. The van der Waals surface area contributed by atoms with Gasteiger partial charge in [-0.25, -0.2) is 0 Å². The van der Waals surface area contributed by atoms with Crippen molar-refractivity contribution >= 4 is 11.9 Å². The van der Waals surface area contributed by atoms with Gasteiger partial charge < -0.3 is 10.4 Å². The van der Waals surface area contributed by atoms with E-state index in [9.17, 15) is 9.59 Å². The molecule has 1 aromatic carbocycles. The number of amides is 1. The molecule has 4 heteroatoms. The monoisotopic (exact) mass is 263 g/mol. The van der Waals surface area contributed by atoms with E-state index in [4.69, 9.17) is 5.11 Å². The van der Waals surface area contributed by atoms with E-state index in [1.807, 2.05) is 44.2 Å². The SMILES string of the molecule is CCC(CC)(C(=O)N[C@@H](C)C(=O)O)c1ccccc1. The summed E-state index contributed by atoms with van der Waals surface area (Å²) in [5.41, 5.74) is 0.264. The highest BCUT2D eigenvalue weighted by Crippen LogP contribution is 2.32. The first-order valence-corrected chi connectivity index (χ1v) is 6.57. The molecule has 0 radical (unpaired) electrons. The van der Waals surface area contributed by atoms with Crippen LogP contribution in [0, 0.1) is 0 Å². The van der Waals surface area contributed by atoms with Crippen LogP contribution in [0.1, 0.15) is 39.2 Å². The van der Waals surface area contributed by atoms with Crippen LogP contribution < -0.4 is 5.32 Å². The fraction of sp³-hybridized carbons (Fsp3) is 0.467. The Morgan fingerprint density at radius 3 is 2.16 bits per heavy atom. The normalized spacial score (nSPS) is 12.8. The third kappa shape index (κ3) is 3.13. The Morgan fingerprint density at radius 1 is 1.21 bits per heavy atom. The van der Waals surface area contributed by atoms with E-state index in [1.165, 1.54) is 6.92 Å². The Balaban J connectivity index is 3.06. The molecule has 0 aliphatic carbocycles. The maximum atomic E-state index is 12.5. The Morgan fingerprint density at radius 2 is 1.74 bits per heavy atom. The smallest absolute Gasteiger partial charge is 0.325 e. The van der Waals surface area contributed by atoms with E-state index in [1.54, 1.807) is 0 Å². The molecule has 0 unspecified atom stereocenters. The zero-order valence-electron chi connectivity index (χ0n) is 11.6. The third-order valence-electron chi connectivity index (χ3n) is 3.69. The van der Waals surface area contributed by atoms with Gasteiger partial charge in [-0.3, -0.25) is 9.59 Å². The van der Waals surface area contributed by atoms with Crippen molar-refractivity contribution in [1.82, 2.24) is 5.32 Å². The van der Waals surface area contributed by atoms with Crippen LogP contribution >= 0.6 is 0 Å². The topological polar surface area (TPSA) is 66.4 Å². The molecule has 0 bridgehead atoms. The number of hydrogen-bond donors (Lipinski definition) is 2. The van der Waals surface area contributed by atoms with Crippen LogP contribution in [0.3, 0.4) is 0 Å². The Hall–Kier alpha value is -1.84. The first kappa shape index (κ1) is 15.2. The summed E-state index contributed by atoms with van der Waals surface area (Å²) >= 11 is 0. The van der Waals surface area contributed by atoms with Gasteiger partial charge in [0.15, 0.2) is 0 Å². The quantitative estimate of drug-likeness (QED) is 0.827. The maximum absolute atomic E-state index is 12.5. The number of nitrogens with one attached hydrogen (secondary N) is 1. The Labute approximate surface area is 113 Å². The third-order valence-corrected chi connectivity index (χ3v) is 3.69. The van der Waals surface area contributed by atoms with E-state index in [0.717, 1.165) is 5.56 Å². The molecule has 0 aliphatic rings. The molecule has 1 rings (SSSR count). The van der Waals surface area contributed by atoms with Gasteiger partial charge in [-0.2, -0.15) is 0 Å². The number of carboxylic acid groups (broad SMARTS) is 1. The molecule has 104 valence electrons. The highest BCUT2D eigenvalue weighted by molar-refractivity contribution is 5.91. The van der Waals surface area contributed by atoms with Crippen LogP contribution in [0.4, 0.5) is 0 Å². The molecule has 0 saturated heterocycles. The standard InChI is InChI=1S/C15H21NO3/c1-4-15(5-2,12-9-7-6-8-10-12)14(19)16-11(3)13(17)18/h6-11H,4-5H2,1-3H3,(H,16,19)(H,17,18)/t11-/m0/s1. The van der Waals surface area contributed by atoms with Crippen molar-refractivity contribution in [2.24, 2.45) is 0 Å². The Bertz CT molecular complexity index is 438. The number of hydrogen-bond acceptors (Lipinski definition) is 2. The highest BCUT2D eigenvalue weighted by atomic mass is 16.4. The largest absolute Gasteiger partial charge is 0.480 e. The fourth-order valence-electron chi connectivity index (χ4n) is 2.26. The molecule has 0 spiro atoms.